The van der Waals surface area contributed by atoms with E-state index in [9.17, 15) is 9.59 Å². The van der Waals surface area contributed by atoms with Gasteiger partial charge in [0, 0.05) is 13.1 Å². The highest BCUT2D eigenvalue weighted by Crippen LogP contribution is 2.26. The molecule has 0 heterocycles. The molecule has 116 valence electrons. The van der Waals surface area contributed by atoms with Gasteiger partial charge < -0.3 is 16.0 Å². The summed E-state index contributed by atoms with van der Waals surface area (Å²) in [4.78, 5) is 25.6. The minimum Gasteiger partial charge on any atom is -0.346 e. The third-order valence-electron chi connectivity index (χ3n) is 4.36. The number of hydrogen-bond acceptors (Lipinski definition) is 3. The highest BCUT2D eigenvalue weighted by Gasteiger charge is 2.25. The Morgan fingerprint density at radius 2 is 1.80 bits per heavy atom. The van der Waals surface area contributed by atoms with Crippen LogP contribution < -0.4 is 11.1 Å². The molecular weight excluding hydrogens is 254 g/mol. The summed E-state index contributed by atoms with van der Waals surface area (Å²) in [5.74, 6) is 0.550. The molecule has 1 saturated carbocycles. The minimum absolute atomic E-state index is 0.0335. The summed E-state index contributed by atoms with van der Waals surface area (Å²) in [6.07, 6.45) is 4.46. The van der Waals surface area contributed by atoms with Gasteiger partial charge in [-0.2, -0.15) is 0 Å². The zero-order chi connectivity index (χ0) is 15.3. The smallest absolute Gasteiger partial charge is 0.241 e. The first-order valence-corrected chi connectivity index (χ1v) is 7.61. The Kier molecular flexibility index (Phi) is 6.46. The van der Waals surface area contributed by atoms with E-state index in [4.69, 9.17) is 5.73 Å². The van der Waals surface area contributed by atoms with Gasteiger partial charge in [0.25, 0.3) is 0 Å². The Morgan fingerprint density at radius 3 is 2.30 bits per heavy atom. The lowest BCUT2D eigenvalue weighted by Crippen LogP contribution is -2.49. The molecule has 1 aliphatic carbocycles. The maximum atomic E-state index is 12.1. The van der Waals surface area contributed by atoms with Gasteiger partial charge in [-0.15, -0.1) is 0 Å². The van der Waals surface area contributed by atoms with E-state index in [1.807, 2.05) is 20.9 Å². The van der Waals surface area contributed by atoms with E-state index >= 15 is 0 Å². The zero-order valence-corrected chi connectivity index (χ0v) is 13.2. The summed E-state index contributed by atoms with van der Waals surface area (Å²) in [7, 11) is 1.83. The molecule has 1 fully saturated rings. The van der Waals surface area contributed by atoms with Crippen LogP contribution in [0.15, 0.2) is 0 Å². The molecule has 0 aromatic rings. The van der Waals surface area contributed by atoms with Crippen LogP contribution >= 0.6 is 0 Å². The van der Waals surface area contributed by atoms with Crippen LogP contribution in [0.1, 0.15) is 46.5 Å². The van der Waals surface area contributed by atoms with Crippen LogP contribution in [0, 0.1) is 11.8 Å². The second kappa shape index (κ2) is 7.62. The average molecular weight is 283 g/mol. The highest BCUT2D eigenvalue weighted by molar-refractivity contribution is 5.87. The van der Waals surface area contributed by atoms with Crippen LogP contribution in [-0.4, -0.2) is 42.4 Å². The summed E-state index contributed by atoms with van der Waals surface area (Å²) >= 11 is 0. The highest BCUT2D eigenvalue weighted by atomic mass is 16.2. The fraction of sp³-hybridized carbons (Fsp3) is 0.867. The molecule has 0 radical (unpaired) electrons. The fourth-order valence-corrected chi connectivity index (χ4v) is 2.54. The number of carbonyl (C=O) groups is 2. The number of nitrogens with one attached hydrogen (secondary N) is 1. The Morgan fingerprint density at radius 1 is 1.25 bits per heavy atom. The molecule has 0 aromatic heterocycles. The maximum absolute atomic E-state index is 12.1. The molecule has 0 unspecified atom stereocenters. The van der Waals surface area contributed by atoms with Gasteiger partial charge in [-0.25, -0.2) is 0 Å². The molecular formula is C15H29N3O2. The third kappa shape index (κ3) is 4.78. The van der Waals surface area contributed by atoms with Crippen molar-refractivity contribution in [1.82, 2.24) is 10.2 Å². The monoisotopic (exact) mass is 283 g/mol. The SMILES string of the molecule is CC1CCC(N(C)C(=O)CNC(=O)[C@@H](N)C(C)C)CC1. The van der Waals surface area contributed by atoms with E-state index in [2.05, 4.69) is 12.2 Å². The number of likely N-dealkylation sites (N-methyl/N-ethyl adjacent to an activating group) is 1. The second-order valence-corrected chi connectivity index (χ2v) is 6.41. The topological polar surface area (TPSA) is 75.4 Å². The lowest BCUT2D eigenvalue weighted by atomic mass is 9.87. The van der Waals surface area contributed by atoms with Gasteiger partial charge in [0.15, 0.2) is 0 Å². The Labute approximate surface area is 122 Å². The van der Waals surface area contributed by atoms with Gasteiger partial charge in [0.2, 0.25) is 11.8 Å². The molecule has 1 atom stereocenters. The van der Waals surface area contributed by atoms with Crippen molar-refractivity contribution in [3.63, 3.8) is 0 Å². The average Bonchev–Trinajstić information content (AvgIpc) is 2.43. The first kappa shape index (κ1) is 17.0. The lowest BCUT2D eigenvalue weighted by Gasteiger charge is -2.33. The number of carbonyl (C=O) groups excluding carboxylic acids is 2. The normalized spacial score (nSPS) is 24.3. The van der Waals surface area contributed by atoms with Crippen molar-refractivity contribution in [2.45, 2.75) is 58.5 Å². The maximum Gasteiger partial charge on any atom is 0.241 e. The van der Waals surface area contributed by atoms with Crippen LogP contribution in [0.5, 0.6) is 0 Å². The molecule has 0 bridgehead atoms. The van der Waals surface area contributed by atoms with E-state index < -0.39 is 6.04 Å². The van der Waals surface area contributed by atoms with E-state index in [-0.39, 0.29) is 24.3 Å². The molecule has 1 aliphatic rings. The zero-order valence-electron chi connectivity index (χ0n) is 13.2. The van der Waals surface area contributed by atoms with Gasteiger partial charge in [-0.1, -0.05) is 20.8 Å². The first-order valence-electron chi connectivity index (χ1n) is 7.61. The van der Waals surface area contributed by atoms with E-state index in [1.165, 1.54) is 12.8 Å². The molecule has 5 nitrogen and oxygen atoms in total. The van der Waals surface area contributed by atoms with E-state index in [1.54, 1.807) is 4.90 Å². The predicted molar refractivity (Wildman–Crippen MR) is 80.0 cm³/mol. The summed E-state index contributed by atoms with van der Waals surface area (Å²) in [6, 6.07) is -0.238. The summed E-state index contributed by atoms with van der Waals surface area (Å²) in [5.41, 5.74) is 5.74. The Hall–Kier alpha value is -1.10. The quantitative estimate of drug-likeness (QED) is 0.794. The van der Waals surface area contributed by atoms with Crippen molar-refractivity contribution in [2.24, 2.45) is 17.6 Å². The Bertz CT molecular complexity index is 336. The predicted octanol–water partition coefficient (Wildman–Crippen LogP) is 1.12. The van der Waals surface area contributed by atoms with Crippen molar-refractivity contribution in [3.05, 3.63) is 0 Å². The first-order chi connectivity index (χ1) is 9.32. The molecule has 0 aliphatic heterocycles. The van der Waals surface area contributed by atoms with E-state index in [0.29, 0.717) is 6.04 Å². The lowest BCUT2D eigenvalue weighted by molar-refractivity contribution is -0.134. The van der Waals surface area contributed by atoms with Crippen molar-refractivity contribution >= 4 is 11.8 Å². The molecule has 2 amide bonds. The minimum atomic E-state index is -0.552. The van der Waals surface area contributed by atoms with Crippen molar-refractivity contribution in [1.29, 1.82) is 0 Å². The third-order valence-corrected chi connectivity index (χ3v) is 4.36. The molecule has 1 rings (SSSR count). The molecule has 0 spiro atoms. The summed E-state index contributed by atoms with van der Waals surface area (Å²) in [6.45, 7) is 6.08. The van der Waals surface area contributed by atoms with Crippen molar-refractivity contribution in [2.75, 3.05) is 13.6 Å². The second-order valence-electron chi connectivity index (χ2n) is 6.41. The standard InChI is InChI=1S/C15H29N3O2/c1-10(2)14(16)15(20)17-9-13(19)18(4)12-7-5-11(3)6-8-12/h10-12,14H,5-9,16H2,1-4H3,(H,17,20)/t11?,12?,14-/m0/s1. The van der Waals surface area contributed by atoms with Crippen LogP contribution in [0.3, 0.4) is 0 Å². The number of rotatable bonds is 5. The van der Waals surface area contributed by atoms with Crippen LogP contribution in [0.25, 0.3) is 0 Å². The molecule has 3 N–H and O–H groups in total. The molecule has 0 aromatic carbocycles. The number of hydrogen-bond donors (Lipinski definition) is 2. The van der Waals surface area contributed by atoms with Gasteiger partial charge in [0.05, 0.1) is 12.6 Å². The van der Waals surface area contributed by atoms with Crippen molar-refractivity contribution in [3.8, 4) is 0 Å². The molecule has 20 heavy (non-hydrogen) atoms. The van der Waals surface area contributed by atoms with Crippen LogP contribution in [0.4, 0.5) is 0 Å². The Balaban J connectivity index is 2.37. The van der Waals surface area contributed by atoms with Crippen LogP contribution in [-0.2, 0) is 9.59 Å². The van der Waals surface area contributed by atoms with Gasteiger partial charge in [-0.05, 0) is 37.5 Å². The van der Waals surface area contributed by atoms with E-state index in [0.717, 1.165) is 18.8 Å². The molecule has 0 saturated heterocycles. The van der Waals surface area contributed by atoms with Crippen molar-refractivity contribution < 1.29 is 9.59 Å². The van der Waals surface area contributed by atoms with Gasteiger partial charge >= 0.3 is 0 Å². The largest absolute Gasteiger partial charge is 0.346 e. The molecule has 5 heteroatoms. The summed E-state index contributed by atoms with van der Waals surface area (Å²) in [5, 5.41) is 2.64. The number of amides is 2. The number of nitrogens with two attached hydrogens (primary N) is 1. The summed E-state index contributed by atoms with van der Waals surface area (Å²) < 4.78 is 0. The van der Waals surface area contributed by atoms with Gasteiger partial charge in [0.1, 0.15) is 0 Å². The van der Waals surface area contributed by atoms with Crippen LogP contribution in [0.2, 0.25) is 0 Å². The fourth-order valence-electron chi connectivity index (χ4n) is 2.54. The van der Waals surface area contributed by atoms with Gasteiger partial charge in [-0.3, -0.25) is 9.59 Å². The number of nitrogens with zero attached hydrogens (tertiary/aromatic N) is 1.